The first kappa shape index (κ1) is 19.4. The average molecular weight is 382 g/mol. The summed E-state index contributed by atoms with van der Waals surface area (Å²) < 4.78 is 71.0. The van der Waals surface area contributed by atoms with Gasteiger partial charge in [0, 0.05) is 5.56 Å². The van der Waals surface area contributed by atoms with Crippen LogP contribution in [0.1, 0.15) is 44.1 Å². The summed E-state index contributed by atoms with van der Waals surface area (Å²) in [5.74, 6) is -2.94. The zero-order chi connectivity index (χ0) is 19.6. The van der Waals surface area contributed by atoms with E-state index in [0.29, 0.717) is 5.92 Å². The second-order valence-corrected chi connectivity index (χ2v) is 6.99. The summed E-state index contributed by atoms with van der Waals surface area (Å²) in [4.78, 5) is 0. The van der Waals surface area contributed by atoms with Crippen molar-refractivity contribution < 1.29 is 26.7 Å². The molecule has 0 atom stereocenters. The third-order valence-electron chi connectivity index (χ3n) is 5.06. The molecule has 0 unspecified atom stereocenters. The fourth-order valence-electron chi connectivity index (χ4n) is 3.54. The molecule has 0 heterocycles. The quantitative estimate of drug-likeness (QED) is 0.402. The molecule has 0 N–H and O–H groups in total. The molecule has 1 nitrogen and oxygen atoms in total. The van der Waals surface area contributed by atoms with Crippen molar-refractivity contribution in [2.45, 2.75) is 38.5 Å². The Balaban J connectivity index is 1.87. The van der Waals surface area contributed by atoms with Gasteiger partial charge in [-0.3, -0.25) is 0 Å². The lowest BCUT2D eigenvalue weighted by Crippen LogP contribution is -2.11. The van der Waals surface area contributed by atoms with Crippen molar-refractivity contribution in [3.05, 3.63) is 65.7 Å². The first-order valence-electron chi connectivity index (χ1n) is 8.82. The zero-order valence-electron chi connectivity index (χ0n) is 14.7. The van der Waals surface area contributed by atoms with Gasteiger partial charge in [-0.15, -0.1) is 0 Å². The maximum Gasteiger partial charge on any atom is 0.305 e. The summed E-state index contributed by atoms with van der Waals surface area (Å²) >= 11 is 0. The van der Waals surface area contributed by atoms with Crippen LogP contribution < -0.4 is 4.74 Å². The van der Waals surface area contributed by atoms with E-state index < -0.39 is 29.3 Å². The Hall–Kier alpha value is -2.37. The minimum atomic E-state index is -2.23. The molecule has 144 valence electrons. The van der Waals surface area contributed by atoms with E-state index in [9.17, 15) is 22.0 Å². The summed E-state index contributed by atoms with van der Waals surface area (Å²) in [6.07, 6.45) is 1.90. The smallest absolute Gasteiger partial charge is 0.305 e. The SMILES string of the molecule is CC1CCC(c2ccc(-c3cc(F)c(OC=C(F)F)c(F)c3)c(F)c2)CC1. The van der Waals surface area contributed by atoms with E-state index >= 15 is 0 Å². The third-order valence-corrected chi connectivity index (χ3v) is 5.06. The standard InChI is InChI=1S/C21H19F5O/c1-12-2-4-13(5-3-12)14-6-7-16(17(22)8-14)15-9-18(23)21(19(24)10-15)27-11-20(25)26/h6-13H,2-5H2,1H3. The summed E-state index contributed by atoms with van der Waals surface area (Å²) in [6.45, 7) is 2.20. The van der Waals surface area contributed by atoms with Crippen molar-refractivity contribution in [1.29, 1.82) is 0 Å². The van der Waals surface area contributed by atoms with Crippen LogP contribution in [0.15, 0.2) is 42.7 Å². The second-order valence-electron chi connectivity index (χ2n) is 6.99. The van der Waals surface area contributed by atoms with Gasteiger partial charge in [-0.1, -0.05) is 31.9 Å². The zero-order valence-corrected chi connectivity index (χ0v) is 14.7. The van der Waals surface area contributed by atoms with Crippen LogP contribution in [0.4, 0.5) is 22.0 Å². The lowest BCUT2D eigenvalue weighted by atomic mass is 9.79. The number of rotatable bonds is 4. The Morgan fingerprint density at radius 3 is 2.11 bits per heavy atom. The lowest BCUT2D eigenvalue weighted by molar-refractivity contribution is 0.344. The van der Waals surface area contributed by atoms with Crippen LogP contribution in [0.25, 0.3) is 11.1 Å². The Bertz CT molecular complexity index is 827. The van der Waals surface area contributed by atoms with E-state index in [1.807, 2.05) is 0 Å². The highest BCUT2D eigenvalue weighted by molar-refractivity contribution is 5.66. The maximum absolute atomic E-state index is 14.6. The number of halogens is 5. The fraction of sp³-hybridized carbons (Fsp3) is 0.333. The molecule has 0 radical (unpaired) electrons. The van der Waals surface area contributed by atoms with Crippen LogP contribution in [0.5, 0.6) is 5.75 Å². The van der Waals surface area contributed by atoms with Gasteiger partial charge in [-0.05, 0) is 54.0 Å². The second kappa shape index (κ2) is 8.11. The minimum Gasteiger partial charge on any atom is -0.453 e. The number of ether oxygens (including phenoxy) is 1. The van der Waals surface area contributed by atoms with E-state index in [2.05, 4.69) is 11.7 Å². The molecule has 27 heavy (non-hydrogen) atoms. The summed E-state index contributed by atoms with van der Waals surface area (Å²) in [5, 5.41) is 0. The highest BCUT2D eigenvalue weighted by Gasteiger charge is 2.21. The predicted molar refractivity (Wildman–Crippen MR) is 93.1 cm³/mol. The highest BCUT2D eigenvalue weighted by Crippen LogP contribution is 2.37. The van der Waals surface area contributed by atoms with Crippen molar-refractivity contribution in [3.8, 4) is 16.9 Å². The maximum atomic E-state index is 14.6. The molecular formula is C21H19F5O. The van der Waals surface area contributed by atoms with Crippen LogP contribution in [0, 0.1) is 23.4 Å². The van der Waals surface area contributed by atoms with Crippen molar-refractivity contribution >= 4 is 0 Å². The molecule has 0 saturated heterocycles. The summed E-state index contributed by atoms with van der Waals surface area (Å²) in [5.41, 5.74) is 0.899. The molecule has 3 rings (SSSR count). The molecule has 0 spiro atoms. The van der Waals surface area contributed by atoms with Gasteiger partial charge in [-0.25, -0.2) is 13.2 Å². The van der Waals surface area contributed by atoms with E-state index in [-0.39, 0.29) is 23.3 Å². The van der Waals surface area contributed by atoms with Crippen molar-refractivity contribution in [2.24, 2.45) is 5.92 Å². The summed E-state index contributed by atoms with van der Waals surface area (Å²) in [6, 6.07) is 6.42. The van der Waals surface area contributed by atoms with Gasteiger partial charge in [0.2, 0.25) is 0 Å². The molecule has 1 saturated carbocycles. The Morgan fingerprint density at radius 2 is 1.56 bits per heavy atom. The van der Waals surface area contributed by atoms with Gasteiger partial charge in [0.25, 0.3) is 0 Å². The van der Waals surface area contributed by atoms with Crippen molar-refractivity contribution in [1.82, 2.24) is 0 Å². The lowest BCUT2D eigenvalue weighted by Gasteiger charge is -2.26. The molecule has 0 aliphatic heterocycles. The molecule has 0 aromatic heterocycles. The largest absolute Gasteiger partial charge is 0.453 e. The van der Waals surface area contributed by atoms with Gasteiger partial charge in [0.05, 0.1) is 0 Å². The van der Waals surface area contributed by atoms with Gasteiger partial charge in [0.15, 0.2) is 23.6 Å². The third kappa shape index (κ3) is 4.49. The fourth-order valence-corrected chi connectivity index (χ4v) is 3.54. The number of hydrogen-bond donors (Lipinski definition) is 0. The normalized spacial score (nSPS) is 19.6. The Labute approximate surface area is 154 Å². The van der Waals surface area contributed by atoms with E-state index in [1.54, 1.807) is 6.07 Å². The molecular weight excluding hydrogens is 363 g/mol. The molecule has 0 bridgehead atoms. The average Bonchev–Trinajstić information content (AvgIpc) is 2.61. The van der Waals surface area contributed by atoms with Crippen LogP contribution in [0.3, 0.4) is 0 Å². The van der Waals surface area contributed by atoms with Gasteiger partial charge in [0.1, 0.15) is 5.82 Å². The number of hydrogen-bond acceptors (Lipinski definition) is 1. The van der Waals surface area contributed by atoms with Crippen LogP contribution in [-0.2, 0) is 0 Å². The molecule has 2 aromatic rings. The van der Waals surface area contributed by atoms with Gasteiger partial charge in [-0.2, -0.15) is 8.78 Å². The van der Waals surface area contributed by atoms with E-state index in [4.69, 9.17) is 0 Å². The molecule has 2 aromatic carbocycles. The molecule has 1 fully saturated rings. The molecule has 1 aliphatic rings. The topological polar surface area (TPSA) is 9.23 Å². The first-order chi connectivity index (χ1) is 12.8. The Kier molecular flexibility index (Phi) is 5.82. The minimum absolute atomic E-state index is 0.0247. The van der Waals surface area contributed by atoms with Crippen LogP contribution in [-0.4, -0.2) is 0 Å². The van der Waals surface area contributed by atoms with E-state index in [0.717, 1.165) is 43.4 Å². The van der Waals surface area contributed by atoms with E-state index in [1.165, 1.54) is 12.1 Å². The summed E-state index contributed by atoms with van der Waals surface area (Å²) in [7, 11) is 0. The van der Waals surface area contributed by atoms with Crippen molar-refractivity contribution in [2.75, 3.05) is 0 Å². The Morgan fingerprint density at radius 1 is 0.926 bits per heavy atom. The molecule has 0 amide bonds. The molecule has 6 heteroatoms. The van der Waals surface area contributed by atoms with Gasteiger partial charge >= 0.3 is 6.08 Å². The highest BCUT2D eigenvalue weighted by atomic mass is 19.3. The van der Waals surface area contributed by atoms with Crippen LogP contribution >= 0.6 is 0 Å². The first-order valence-corrected chi connectivity index (χ1v) is 8.82. The number of benzene rings is 2. The van der Waals surface area contributed by atoms with Gasteiger partial charge < -0.3 is 4.74 Å². The molecule has 1 aliphatic carbocycles. The predicted octanol–water partition coefficient (Wildman–Crippen LogP) is 7.18. The monoisotopic (exact) mass is 382 g/mol. The van der Waals surface area contributed by atoms with Crippen LogP contribution in [0.2, 0.25) is 0 Å². The van der Waals surface area contributed by atoms with Crippen molar-refractivity contribution in [3.63, 3.8) is 0 Å².